The lowest BCUT2D eigenvalue weighted by atomic mass is 9.96. The standard InChI is InChI=1S/C21H27N5O2/c1-14-9-18-19(10-15(14)2)26(13-22-18)11-16-5-7-25(8-6-16)21(27)17-12-24(3)23-20(17)28-4/h9-10,12-13,16H,5-8,11H2,1-4H3. The number of aromatic nitrogens is 4. The molecule has 1 saturated heterocycles. The van der Waals surface area contributed by atoms with E-state index in [0.29, 0.717) is 17.4 Å². The lowest BCUT2D eigenvalue weighted by molar-refractivity contribution is 0.0680. The summed E-state index contributed by atoms with van der Waals surface area (Å²) in [6.07, 6.45) is 5.65. The summed E-state index contributed by atoms with van der Waals surface area (Å²) >= 11 is 0. The van der Waals surface area contributed by atoms with Gasteiger partial charge in [-0.25, -0.2) is 4.98 Å². The van der Waals surface area contributed by atoms with E-state index < -0.39 is 0 Å². The number of piperidine rings is 1. The molecule has 2 aromatic heterocycles. The highest BCUT2D eigenvalue weighted by molar-refractivity contribution is 5.96. The number of aryl methyl sites for hydroxylation is 3. The van der Waals surface area contributed by atoms with Crippen molar-refractivity contribution in [3.05, 3.63) is 41.3 Å². The van der Waals surface area contributed by atoms with Gasteiger partial charge in [0.1, 0.15) is 5.56 Å². The smallest absolute Gasteiger partial charge is 0.260 e. The van der Waals surface area contributed by atoms with Gasteiger partial charge < -0.3 is 14.2 Å². The second-order valence-electron chi connectivity index (χ2n) is 7.78. The van der Waals surface area contributed by atoms with E-state index in [0.717, 1.165) is 38.0 Å². The maximum absolute atomic E-state index is 12.8. The largest absolute Gasteiger partial charge is 0.479 e. The van der Waals surface area contributed by atoms with Crippen LogP contribution in [0, 0.1) is 19.8 Å². The van der Waals surface area contributed by atoms with Crippen LogP contribution in [-0.2, 0) is 13.6 Å². The molecule has 7 heteroatoms. The molecule has 4 rings (SSSR count). The highest BCUT2D eigenvalue weighted by Crippen LogP contribution is 2.25. The number of rotatable bonds is 4. The second kappa shape index (κ2) is 7.30. The molecule has 0 unspecified atom stereocenters. The van der Waals surface area contributed by atoms with E-state index in [4.69, 9.17) is 4.74 Å². The van der Waals surface area contributed by atoms with Gasteiger partial charge in [0, 0.05) is 32.9 Å². The van der Waals surface area contributed by atoms with Crippen LogP contribution in [0.1, 0.15) is 34.3 Å². The number of imidazole rings is 1. The van der Waals surface area contributed by atoms with Crippen molar-refractivity contribution < 1.29 is 9.53 Å². The minimum Gasteiger partial charge on any atom is -0.479 e. The van der Waals surface area contributed by atoms with Crippen molar-refractivity contribution in [3.8, 4) is 5.88 Å². The van der Waals surface area contributed by atoms with Crippen molar-refractivity contribution in [2.75, 3.05) is 20.2 Å². The molecule has 1 aliphatic heterocycles. The molecule has 0 aliphatic carbocycles. The fourth-order valence-electron chi connectivity index (χ4n) is 3.99. The number of carbonyl (C=O) groups excluding carboxylic acids is 1. The third kappa shape index (κ3) is 3.37. The van der Waals surface area contributed by atoms with Crippen LogP contribution in [0.15, 0.2) is 24.7 Å². The first-order valence-corrected chi connectivity index (χ1v) is 9.75. The third-order valence-electron chi connectivity index (χ3n) is 5.81. The van der Waals surface area contributed by atoms with Gasteiger partial charge in [0.2, 0.25) is 5.88 Å². The van der Waals surface area contributed by atoms with E-state index in [9.17, 15) is 4.79 Å². The Morgan fingerprint density at radius 2 is 1.93 bits per heavy atom. The Hall–Kier alpha value is -2.83. The number of methoxy groups -OCH3 is 1. The number of hydrogen-bond donors (Lipinski definition) is 0. The average molecular weight is 381 g/mol. The zero-order valence-electron chi connectivity index (χ0n) is 17.0. The summed E-state index contributed by atoms with van der Waals surface area (Å²) in [6.45, 7) is 6.72. The molecule has 148 valence electrons. The number of carbonyl (C=O) groups is 1. The van der Waals surface area contributed by atoms with Crippen molar-refractivity contribution in [1.29, 1.82) is 0 Å². The molecule has 28 heavy (non-hydrogen) atoms. The van der Waals surface area contributed by atoms with Crippen molar-refractivity contribution in [2.45, 2.75) is 33.2 Å². The predicted octanol–water partition coefficient (Wildman–Crippen LogP) is 2.95. The summed E-state index contributed by atoms with van der Waals surface area (Å²) in [6, 6.07) is 4.38. The van der Waals surface area contributed by atoms with E-state index in [2.05, 4.69) is 40.6 Å². The topological polar surface area (TPSA) is 65.2 Å². The van der Waals surface area contributed by atoms with Crippen molar-refractivity contribution in [2.24, 2.45) is 13.0 Å². The maximum Gasteiger partial charge on any atom is 0.260 e. The minimum absolute atomic E-state index is 0.00239. The Bertz CT molecular complexity index is 1010. The number of nitrogens with zero attached hydrogens (tertiary/aromatic N) is 5. The lowest BCUT2D eigenvalue weighted by Crippen LogP contribution is -2.39. The first-order valence-electron chi connectivity index (χ1n) is 9.75. The Labute approximate surface area is 164 Å². The van der Waals surface area contributed by atoms with E-state index in [-0.39, 0.29) is 5.91 Å². The number of ether oxygens (including phenoxy) is 1. The van der Waals surface area contributed by atoms with Crippen molar-refractivity contribution >= 4 is 16.9 Å². The SMILES string of the molecule is COc1nn(C)cc1C(=O)N1CCC(Cn2cnc3cc(C)c(C)cc32)CC1. The van der Waals surface area contributed by atoms with Gasteiger partial charge in [-0.1, -0.05) is 0 Å². The van der Waals surface area contributed by atoms with Gasteiger partial charge >= 0.3 is 0 Å². The first kappa shape index (κ1) is 18.5. The van der Waals surface area contributed by atoms with Gasteiger partial charge in [0.05, 0.1) is 24.5 Å². The summed E-state index contributed by atoms with van der Waals surface area (Å²) in [5.74, 6) is 0.937. The number of fused-ring (bicyclic) bond motifs is 1. The van der Waals surface area contributed by atoms with Crippen LogP contribution in [0.5, 0.6) is 5.88 Å². The Morgan fingerprint density at radius 1 is 1.21 bits per heavy atom. The Morgan fingerprint density at radius 3 is 2.64 bits per heavy atom. The normalized spacial score (nSPS) is 15.4. The zero-order chi connectivity index (χ0) is 19.8. The molecule has 1 aliphatic rings. The molecular weight excluding hydrogens is 354 g/mol. The van der Waals surface area contributed by atoms with E-state index in [1.54, 1.807) is 25.0 Å². The molecule has 3 aromatic rings. The Kier molecular flexibility index (Phi) is 4.83. The molecule has 7 nitrogen and oxygen atoms in total. The molecule has 0 saturated carbocycles. The molecule has 1 aromatic carbocycles. The number of likely N-dealkylation sites (tertiary alicyclic amines) is 1. The second-order valence-corrected chi connectivity index (χ2v) is 7.78. The fraction of sp³-hybridized carbons (Fsp3) is 0.476. The van der Waals surface area contributed by atoms with Gasteiger partial charge in [0.15, 0.2) is 0 Å². The molecule has 0 spiro atoms. The third-order valence-corrected chi connectivity index (χ3v) is 5.81. The average Bonchev–Trinajstić information content (AvgIpc) is 3.25. The Balaban J connectivity index is 1.42. The van der Waals surface area contributed by atoms with Gasteiger partial charge in [-0.05, 0) is 55.9 Å². The maximum atomic E-state index is 12.8. The summed E-state index contributed by atoms with van der Waals surface area (Å²) in [5.41, 5.74) is 5.35. The quantitative estimate of drug-likeness (QED) is 0.697. The molecule has 0 bridgehead atoms. The summed E-state index contributed by atoms with van der Waals surface area (Å²) < 4.78 is 9.11. The lowest BCUT2D eigenvalue weighted by Gasteiger charge is -2.32. The van der Waals surface area contributed by atoms with Crippen LogP contribution in [0.25, 0.3) is 11.0 Å². The summed E-state index contributed by atoms with van der Waals surface area (Å²) in [5, 5.41) is 4.19. The van der Waals surface area contributed by atoms with E-state index in [1.807, 2.05) is 11.2 Å². The highest BCUT2D eigenvalue weighted by Gasteiger charge is 2.27. The van der Waals surface area contributed by atoms with Crippen LogP contribution in [0.3, 0.4) is 0 Å². The van der Waals surface area contributed by atoms with Crippen LogP contribution in [0.4, 0.5) is 0 Å². The first-order chi connectivity index (χ1) is 13.5. The summed E-state index contributed by atoms with van der Waals surface area (Å²) in [4.78, 5) is 19.3. The predicted molar refractivity (Wildman–Crippen MR) is 108 cm³/mol. The van der Waals surface area contributed by atoms with Gasteiger partial charge in [-0.3, -0.25) is 9.48 Å². The molecular formula is C21H27N5O2. The number of amides is 1. The van der Waals surface area contributed by atoms with Crippen LogP contribution >= 0.6 is 0 Å². The number of benzene rings is 1. The minimum atomic E-state index is 0.00239. The molecule has 0 atom stereocenters. The van der Waals surface area contributed by atoms with Gasteiger partial charge in [-0.2, -0.15) is 0 Å². The van der Waals surface area contributed by atoms with E-state index >= 15 is 0 Å². The zero-order valence-corrected chi connectivity index (χ0v) is 17.0. The van der Waals surface area contributed by atoms with Crippen molar-refractivity contribution in [3.63, 3.8) is 0 Å². The molecule has 1 fully saturated rings. The fourth-order valence-corrected chi connectivity index (χ4v) is 3.99. The van der Waals surface area contributed by atoms with Gasteiger partial charge in [0.25, 0.3) is 5.91 Å². The highest BCUT2D eigenvalue weighted by atomic mass is 16.5. The van der Waals surface area contributed by atoms with E-state index in [1.165, 1.54) is 16.6 Å². The molecule has 0 radical (unpaired) electrons. The van der Waals surface area contributed by atoms with Crippen LogP contribution in [-0.4, -0.2) is 50.3 Å². The molecule has 1 amide bonds. The molecule has 3 heterocycles. The van der Waals surface area contributed by atoms with Gasteiger partial charge in [-0.15, -0.1) is 5.10 Å². The monoisotopic (exact) mass is 381 g/mol. The van der Waals surface area contributed by atoms with Crippen LogP contribution < -0.4 is 4.74 Å². The number of hydrogen-bond acceptors (Lipinski definition) is 4. The molecule has 0 N–H and O–H groups in total. The van der Waals surface area contributed by atoms with Crippen LogP contribution in [0.2, 0.25) is 0 Å². The van der Waals surface area contributed by atoms with Crippen molar-refractivity contribution in [1.82, 2.24) is 24.2 Å². The summed E-state index contributed by atoms with van der Waals surface area (Å²) in [7, 11) is 3.34.